The van der Waals surface area contributed by atoms with E-state index in [1.54, 1.807) is 0 Å². The number of hydrogen-bond acceptors (Lipinski definition) is 5. The maximum atomic E-state index is 11.5. The lowest BCUT2D eigenvalue weighted by atomic mass is 9.79. The Hall–Kier alpha value is -0.170. The van der Waals surface area contributed by atoms with Gasteiger partial charge >= 0.3 is 0 Å². The van der Waals surface area contributed by atoms with Gasteiger partial charge in [-0.1, -0.05) is 6.92 Å². The molecule has 0 saturated carbocycles. The smallest absolute Gasteiger partial charge is 0.152 e. The van der Waals surface area contributed by atoms with Crippen LogP contribution in [-0.4, -0.2) is 70.8 Å². The van der Waals surface area contributed by atoms with E-state index in [0.29, 0.717) is 24.6 Å². The zero-order valence-corrected chi connectivity index (χ0v) is 13.4. The molecule has 2 saturated heterocycles. The summed E-state index contributed by atoms with van der Waals surface area (Å²) in [6.07, 6.45) is 3.30. The minimum Gasteiger partial charge on any atom is -0.381 e. The van der Waals surface area contributed by atoms with Crippen molar-refractivity contribution in [3.8, 4) is 0 Å². The van der Waals surface area contributed by atoms with E-state index in [1.165, 1.54) is 0 Å². The van der Waals surface area contributed by atoms with Crippen molar-refractivity contribution in [2.75, 3.05) is 57.4 Å². The Kier molecular flexibility index (Phi) is 5.84. The van der Waals surface area contributed by atoms with Crippen LogP contribution < -0.4 is 5.32 Å². The third kappa shape index (κ3) is 4.69. The summed E-state index contributed by atoms with van der Waals surface area (Å²) in [5.74, 6) is 0.643. The second kappa shape index (κ2) is 7.20. The molecule has 2 fully saturated rings. The molecule has 0 bridgehead atoms. The molecule has 1 N–H and O–H groups in total. The number of rotatable bonds is 6. The van der Waals surface area contributed by atoms with Crippen molar-refractivity contribution < 1.29 is 13.2 Å². The molecule has 6 heteroatoms. The van der Waals surface area contributed by atoms with Gasteiger partial charge in [-0.15, -0.1) is 0 Å². The maximum absolute atomic E-state index is 11.5. The van der Waals surface area contributed by atoms with E-state index in [2.05, 4.69) is 17.1 Å². The first kappa shape index (κ1) is 16.2. The molecule has 2 aliphatic heterocycles. The molecule has 2 aliphatic rings. The topological polar surface area (TPSA) is 58.6 Å². The minimum atomic E-state index is -2.78. The van der Waals surface area contributed by atoms with Crippen LogP contribution in [0.3, 0.4) is 0 Å². The van der Waals surface area contributed by atoms with Crippen LogP contribution in [0.15, 0.2) is 0 Å². The van der Waals surface area contributed by atoms with Gasteiger partial charge < -0.3 is 15.0 Å². The summed E-state index contributed by atoms with van der Waals surface area (Å²) >= 11 is 0. The summed E-state index contributed by atoms with van der Waals surface area (Å²) in [6, 6.07) is 0. The Bertz CT molecular complexity index is 377. The van der Waals surface area contributed by atoms with Gasteiger partial charge in [0.1, 0.15) is 0 Å². The van der Waals surface area contributed by atoms with Gasteiger partial charge in [-0.3, -0.25) is 0 Å². The molecule has 0 atom stereocenters. The average molecular weight is 304 g/mol. The molecule has 0 aromatic carbocycles. The van der Waals surface area contributed by atoms with E-state index in [-0.39, 0.29) is 5.41 Å². The largest absolute Gasteiger partial charge is 0.381 e. The molecule has 20 heavy (non-hydrogen) atoms. The van der Waals surface area contributed by atoms with Crippen molar-refractivity contribution in [2.24, 2.45) is 5.41 Å². The van der Waals surface area contributed by atoms with Gasteiger partial charge in [0.2, 0.25) is 0 Å². The Morgan fingerprint density at radius 2 is 1.85 bits per heavy atom. The Morgan fingerprint density at radius 1 is 1.20 bits per heavy atom. The van der Waals surface area contributed by atoms with E-state index in [4.69, 9.17) is 4.74 Å². The second-order valence-corrected chi connectivity index (χ2v) is 8.52. The summed E-state index contributed by atoms with van der Waals surface area (Å²) in [7, 11) is -2.78. The molecule has 5 nitrogen and oxygen atoms in total. The van der Waals surface area contributed by atoms with Crippen LogP contribution >= 0.6 is 0 Å². The van der Waals surface area contributed by atoms with Crippen LogP contribution in [0.2, 0.25) is 0 Å². The lowest BCUT2D eigenvalue weighted by molar-refractivity contribution is -0.00306. The predicted molar refractivity (Wildman–Crippen MR) is 80.7 cm³/mol. The number of sulfone groups is 1. The molecule has 0 aromatic heterocycles. The first-order valence-corrected chi connectivity index (χ1v) is 9.59. The number of nitrogens with one attached hydrogen (secondary N) is 1. The standard InChI is InChI=1S/C14H28N2O3S/c1-2-5-15-12-14(3-8-19-9-4-14)13-16-6-10-20(17,18)11-7-16/h15H,2-13H2,1H3. The molecule has 0 amide bonds. The fraction of sp³-hybridized carbons (Fsp3) is 1.00. The molecule has 0 radical (unpaired) electrons. The van der Waals surface area contributed by atoms with E-state index in [1.807, 2.05) is 0 Å². The quantitative estimate of drug-likeness (QED) is 0.725. The predicted octanol–water partition coefficient (Wildman–Crippen LogP) is 0.513. The molecule has 2 rings (SSSR count). The van der Waals surface area contributed by atoms with Gasteiger partial charge in [-0.25, -0.2) is 8.42 Å². The van der Waals surface area contributed by atoms with Crippen molar-refractivity contribution in [1.82, 2.24) is 10.2 Å². The maximum Gasteiger partial charge on any atom is 0.152 e. The van der Waals surface area contributed by atoms with Crippen LogP contribution in [-0.2, 0) is 14.6 Å². The molecule has 2 heterocycles. The van der Waals surface area contributed by atoms with Crippen molar-refractivity contribution in [3.05, 3.63) is 0 Å². The highest BCUT2D eigenvalue weighted by Gasteiger charge is 2.35. The zero-order valence-electron chi connectivity index (χ0n) is 12.6. The van der Waals surface area contributed by atoms with Gasteiger partial charge in [-0.05, 0) is 31.2 Å². The van der Waals surface area contributed by atoms with Gasteiger partial charge in [0.25, 0.3) is 0 Å². The summed E-state index contributed by atoms with van der Waals surface area (Å²) in [4.78, 5) is 2.33. The summed E-state index contributed by atoms with van der Waals surface area (Å²) in [6.45, 7) is 8.31. The normalized spacial score (nSPS) is 26.4. The van der Waals surface area contributed by atoms with Crippen LogP contribution in [0.4, 0.5) is 0 Å². The zero-order chi connectivity index (χ0) is 14.5. The van der Waals surface area contributed by atoms with Crippen molar-refractivity contribution in [1.29, 1.82) is 0 Å². The van der Waals surface area contributed by atoms with Gasteiger partial charge in [0.05, 0.1) is 11.5 Å². The van der Waals surface area contributed by atoms with Crippen LogP contribution in [0.5, 0.6) is 0 Å². The minimum absolute atomic E-state index is 0.258. The van der Waals surface area contributed by atoms with Crippen LogP contribution in [0, 0.1) is 5.41 Å². The third-order valence-corrected chi connectivity index (χ3v) is 6.09. The number of hydrogen-bond donors (Lipinski definition) is 1. The van der Waals surface area contributed by atoms with Crippen molar-refractivity contribution in [3.63, 3.8) is 0 Å². The highest BCUT2D eigenvalue weighted by Crippen LogP contribution is 2.31. The molecule has 0 unspecified atom stereocenters. The molecular formula is C14H28N2O3S. The van der Waals surface area contributed by atoms with Crippen molar-refractivity contribution in [2.45, 2.75) is 26.2 Å². The van der Waals surface area contributed by atoms with E-state index >= 15 is 0 Å². The van der Waals surface area contributed by atoms with E-state index < -0.39 is 9.84 Å². The Labute approximate surface area is 123 Å². The lowest BCUT2D eigenvalue weighted by Crippen LogP contribution is -2.51. The van der Waals surface area contributed by atoms with E-state index in [0.717, 1.165) is 52.1 Å². The third-order valence-electron chi connectivity index (χ3n) is 4.48. The van der Waals surface area contributed by atoms with Gasteiger partial charge in [0, 0.05) is 39.4 Å². The average Bonchev–Trinajstić information content (AvgIpc) is 2.43. The fourth-order valence-electron chi connectivity index (χ4n) is 3.11. The van der Waals surface area contributed by atoms with Gasteiger partial charge in [-0.2, -0.15) is 0 Å². The molecule has 118 valence electrons. The van der Waals surface area contributed by atoms with Crippen molar-refractivity contribution >= 4 is 9.84 Å². The Morgan fingerprint density at radius 3 is 2.45 bits per heavy atom. The highest BCUT2D eigenvalue weighted by molar-refractivity contribution is 7.91. The van der Waals surface area contributed by atoms with Gasteiger partial charge in [0.15, 0.2) is 9.84 Å². The number of nitrogens with zero attached hydrogens (tertiary/aromatic N) is 1. The van der Waals surface area contributed by atoms with E-state index in [9.17, 15) is 8.42 Å². The highest BCUT2D eigenvalue weighted by atomic mass is 32.2. The summed E-state index contributed by atoms with van der Waals surface area (Å²) < 4.78 is 28.6. The SMILES string of the molecule is CCCNCC1(CN2CCS(=O)(=O)CC2)CCOCC1. The first-order chi connectivity index (χ1) is 9.55. The monoisotopic (exact) mass is 304 g/mol. The van der Waals surface area contributed by atoms with Crippen LogP contribution in [0.1, 0.15) is 26.2 Å². The Balaban J connectivity index is 1.90. The number of ether oxygens (including phenoxy) is 1. The summed E-state index contributed by atoms with van der Waals surface area (Å²) in [5.41, 5.74) is 0.258. The lowest BCUT2D eigenvalue weighted by Gasteiger charge is -2.42. The fourth-order valence-corrected chi connectivity index (χ4v) is 4.39. The summed E-state index contributed by atoms with van der Waals surface area (Å²) in [5, 5.41) is 3.55. The second-order valence-electron chi connectivity index (χ2n) is 6.22. The molecule has 0 aromatic rings. The molecule has 0 spiro atoms. The molecule has 0 aliphatic carbocycles. The molecular weight excluding hydrogens is 276 g/mol. The first-order valence-electron chi connectivity index (χ1n) is 7.77. The van der Waals surface area contributed by atoms with Crippen LogP contribution in [0.25, 0.3) is 0 Å².